The van der Waals surface area contributed by atoms with Crippen LogP contribution in [0.15, 0.2) is 12.2 Å². The number of carboxylic acids is 1. The first-order chi connectivity index (χ1) is 13.7. The quantitative estimate of drug-likeness (QED) is 0.115. The molecule has 167 valence electrons. The van der Waals surface area contributed by atoms with E-state index in [-0.39, 0.29) is 36.1 Å². The number of rotatable bonds is 22. The van der Waals surface area contributed by atoms with Crippen LogP contribution in [0.3, 0.4) is 0 Å². The van der Waals surface area contributed by atoms with E-state index in [1.54, 1.807) is 0 Å². The molecule has 0 spiro atoms. The van der Waals surface area contributed by atoms with E-state index in [0.29, 0.717) is 0 Å². The van der Waals surface area contributed by atoms with Crippen LogP contribution in [0.4, 0.5) is 0 Å². The number of nitrogens with zero attached hydrogens (tertiary/aromatic N) is 1. The molecule has 0 aromatic carbocycles. The Bertz CT molecular complexity index is 361. The van der Waals surface area contributed by atoms with E-state index in [0.717, 1.165) is 13.0 Å². The Hall–Kier alpha value is 0.170. The van der Waals surface area contributed by atoms with Crippen LogP contribution in [0.1, 0.15) is 122 Å². The van der Waals surface area contributed by atoms with Crippen molar-refractivity contribution in [1.29, 1.82) is 0 Å². The zero-order chi connectivity index (χ0) is 20.7. The van der Waals surface area contributed by atoms with Crippen molar-refractivity contribution in [3.63, 3.8) is 0 Å². The molecule has 0 aromatic heterocycles. The molecule has 0 amide bonds. The summed E-state index contributed by atoms with van der Waals surface area (Å²) in [6.07, 6.45) is 29.0. The van der Waals surface area contributed by atoms with E-state index < -0.39 is 5.97 Å². The molecule has 29 heavy (non-hydrogen) atoms. The zero-order valence-corrected chi connectivity index (χ0v) is 22.1. The van der Waals surface area contributed by atoms with Gasteiger partial charge in [-0.25, -0.2) is 0 Å². The van der Waals surface area contributed by atoms with Gasteiger partial charge < -0.3 is 5.11 Å². The number of carbonyl (C=O) groups is 1. The standard InChI is InChI=1S/C25H49NO2.Na/c1-3-4-5-6-7-8-9-10-11-12-13-14-15-16-17-18-19-20-21-22-23-26(2)24-25(27)28;/h10-11H,3-9,12-24H2,1-2H3,(H,27,28);/b11-10-;. The molecule has 0 heterocycles. The van der Waals surface area contributed by atoms with Gasteiger partial charge in [-0.2, -0.15) is 0 Å². The van der Waals surface area contributed by atoms with Crippen LogP contribution >= 0.6 is 0 Å². The maximum atomic E-state index is 10.6. The SMILES string of the molecule is CCCCCCCC/C=C\CCCCCCCCCCCCN(C)CC(=O)O.[Na]. The summed E-state index contributed by atoms with van der Waals surface area (Å²) < 4.78 is 0. The third-order valence-corrected chi connectivity index (χ3v) is 5.46. The number of hydrogen-bond donors (Lipinski definition) is 1. The summed E-state index contributed by atoms with van der Waals surface area (Å²) in [4.78, 5) is 12.5. The maximum Gasteiger partial charge on any atom is 0.317 e. The first-order valence-corrected chi connectivity index (χ1v) is 12.2. The summed E-state index contributed by atoms with van der Waals surface area (Å²) in [6, 6.07) is 0. The molecule has 0 rings (SSSR count). The second-order valence-corrected chi connectivity index (χ2v) is 8.48. The number of aliphatic carboxylic acids is 1. The monoisotopic (exact) mass is 418 g/mol. The van der Waals surface area contributed by atoms with Crippen molar-refractivity contribution >= 4 is 35.5 Å². The van der Waals surface area contributed by atoms with Crippen LogP contribution in [0.25, 0.3) is 0 Å². The van der Waals surface area contributed by atoms with Gasteiger partial charge in [0.25, 0.3) is 0 Å². The Morgan fingerprint density at radius 2 is 1.07 bits per heavy atom. The van der Waals surface area contributed by atoms with Gasteiger partial charge in [-0.1, -0.05) is 103 Å². The fraction of sp³-hybridized carbons (Fsp3) is 0.880. The summed E-state index contributed by atoms with van der Waals surface area (Å²) in [5, 5.41) is 8.70. The Morgan fingerprint density at radius 1 is 0.690 bits per heavy atom. The van der Waals surface area contributed by atoms with E-state index in [1.807, 2.05) is 11.9 Å². The Labute approximate surface area is 204 Å². The second-order valence-electron chi connectivity index (χ2n) is 8.48. The average molecular weight is 419 g/mol. The van der Waals surface area contributed by atoms with E-state index in [4.69, 9.17) is 5.11 Å². The molecule has 4 heteroatoms. The van der Waals surface area contributed by atoms with Gasteiger partial charge in [0.15, 0.2) is 0 Å². The van der Waals surface area contributed by atoms with Gasteiger partial charge in [0.1, 0.15) is 0 Å². The first-order valence-electron chi connectivity index (χ1n) is 12.2. The van der Waals surface area contributed by atoms with Crippen molar-refractivity contribution in [3.05, 3.63) is 12.2 Å². The minimum Gasteiger partial charge on any atom is -0.480 e. The van der Waals surface area contributed by atoms with Crippen molar-refractivity contribution in [1.82, 2.24) is 4.90 Å². The Morgan fingerprint density at radius 3 is 1.48 bits per heavy atom. The molecule has 0 saturated heterocycles. The van der Waals surface area contributed by atoms with Crippen molar-refractivity contribution in [3.8, 4) is 0 Å². The van der Waals surface area contributed by atoms with E-state index in [1.165, 1.54) is 109 Å². The maximum absolute atomic E-state index is 10.6. The topological polar surface area (TPSA) is 40.5 Å². The van der Waals surface area contributed by atoms with Crippen molar-refractivity contribution in [2.45, 2.75) is 122 Å². The van der Waals surface area contributed by atoms with E-state index in [2.05, 4.69) is 19.1 Å². The molecule has 0 bridgehead atoms. The second kappa shape index (κ2) is 26.2. The molecule has 1 radical (unpaired) electrons. The van der Waals surface area contributed by atoms with Gasteiger partial charge in [-0.05, 0) is 45.7 Å². The predicted octanol–water partition coefficient (Wildman–Crippen LogP) is 7.22. The van der Waals surface area contributed by atoms with E-state index in [9.17, 15) is 4.79 Å². The van der Waals surface area contributed by atoms with Gasteiger partial charge in [0.05, 0.1) is 6.54 Å². The Kier molecular flexibility index (Phi) is 28.3. The Balaban J connectivity index is 0. The van der Waals surface area contributed by atoms with Crippen LogP contribution in [0.5, 0.6) is 0 Å². The molecule has 0 aliphatic carbocycles. The molecular formula is C25H49NNaO2. The minimum absolute atomic E-state index is 0. The molecule has 1 N–H and O–H groups in total. The van der Waals surface area contributed by atoms with Crippen molar-refractivity contribution < 1.29 is 9.90 Å². The molecule has 0 saturated carbocycles. The molecule has 0 aliphatic rings. The zero-order valence-electron chi connectivity index (χ0n) is 20.1. The van der Waals surface area contributed by atoms with Gasteiger partial charge in [-0.3, -0.25) is 9.69 Å². The number of allylic oxidation sites excluding steroid dienone is 2. The van der Waals surface area contributed by atoms with E-state index >= 15 is 0 Å². The average Bonchev–Trinajstić information content (AvgIpc) is 2.66. The molecule has 0 fully saturated rings. The largest absolute Gasteiger partial charge is 0.480 e. The van der Waals surface area contributed by atoms with Gasteiger partial charge in [-0.15, -0.1) is 0 Å². The summed E-state index contributed by atoms with van der Waals surface area (Å²) >= 11 is 0. The third-order valence-electron chi connectivity index (χ3n) is 5.46. The molecular weight excluding hydrogens is 369 g/mol. The molecule has 3 nitrogen and oxygen atoms in total. The first kappa shape index (κ1) is 31.4. The van der Waals surface area contributed by atoms with Crippen molar-refractivity contribution in [2.24, 2.45) is 0 Å². The van der Waals surface area contributed by atoms with Crippen LogP contribution in [0.2, 0.25) is 0 Å². The van der Waals surface area contributed by atoms with Crippen LogP contribution in [-0.2, 0) is 4.79 Å². The number of carboxylic acid groups (broad SMARTS) is 1. The number of likely N-dealkylation sites (N-methyl/N-ethyl adjacent to an activating group) is 1. The van der Waals surface area contributed by atoms with Gasteiger partial charge in [0, 0.05) is 29.6 Å². The smallest absolute Gasteiger partial charge is 0.317 e. The summed E-state index contributed by atoms with van der Waals surface area (Å²) in [5.41, 5.74) is 0. The molecule has 0 atom stereocenters. The van der Waals surface area contributed by atoms with Crippen LogP contribution < -0.4 is 0 Å². The van der Waals surface area contributed by atoms with Crippen LogP contribution in [-0.4, -0.2) is 65.7 Å². The summed E-state index contributed by atoms with van der Waals surface area (Å²) in [7, 11) is 1.89. The molecule has 0 unspecified atom stereocenters. The summed E-state index contributed by atoms with van der Waals surface area (Å²) in [6.45, 7) is 3.34. The normalized spacial score (nSPS) is 11.3. The van der Waals surface area contributed by atoms with Gasteiger partial charge in [0.2, 0.25) is 0 Å². The van der Waals surface area contributed by atoms with Crippen molar-refractivity contribution in [2.75, 3.05) is 20.1 Å². The third kappa shape index (κ3) is 28.2. The van der Waals surface area contributed by atoms with Gasteiger partial charge >= 0.3 is 5.97 Å². The fourth-order valence-electron chi connectivity index (χ4n) is 3.65. The number of unbranched alkanes of at least 4 members (excludes halogenated alkanes) is 16. The predicted molar refractivity (Wildman–Crippen MR) is 129 cm³/mol. The fourth-order valence-corrected chi connectivity index (χ4v) is 3.65. The molecule has 0 aromatic rings. The number of hydrogen-bond acceptors (Lipinski definition) is 2. The summed E-state index contributed by atoms with van der Waals surface area (Å²) in [5.74, 6) is -0.730. The minimum atomic E-state index is -0.730. The van der Waals surface area contributed by atoms with Crippen LogP contribution in [0, 0.1) is 0 Å². The molecule has 0 aliphatic heterocycles.